The number of benzene rings is 1. The maximum atomic E-state index is 12.7. The summed E-state index contributed by atoms with van der Waals surface area (Å²) in [6.07, 6.45) is 2.61. The number of rotatable bonds is 5. The molecule has 6 nitrogen and oxygen atoms in total. The van der Waals surface area contributed by atoms with E-state index in [0.717, 1.165) is 5.56 Å². The van der Waals surface area contributed by atoms with E-state index in [1.165, 1.54) is 4.31 Å². The van der Waals surface area contributed by atoms with Gasteiger partial charge in [0.05, 0.1) is 17.7 Å². The van der Waals surface area contributed by atoms with Crippen LogP contribution in [0.3, 0.4) is 0 Å². The fraction of sp³-hybridized carbons (Fsp3) is 0.389. The normalized spacial score (nSPS) is 16.7. The lowest BCUT2D eigenvalue weighted by atomic mass is 9.97. The van der Waals surface area contributed by atoms with E-state index >= 15 is 0 Å². The number of hydrogen-bond acceptors (Lipinski definition) is 4. The monoisotopic (exact) mass is 362 g/mol. The summed E-state index contributed by atoms with van der Waals surface area (Å²) in [6, 6.07) is 10.4. The molecule has 1 N–H and O–H groups in total. The van der Waals surface area contributed by atoms with Crippen LogP contribution < -0.4 is 5.32 Å². The second-order valence-electron chi connectivity index (χ2n) is 6.29. The molecule has 2 heterocycles. The Morgan fingerprint density at radius 2 is 1.88 bits per heavy atom. The zero-order valence-electron chi connectivity index (χ0n) is 14.1. The number of carbonyl (C=O) groups excluding carboxylic acids is 1. The summed E-state index contributed by atoms with van der Waals surface area (Å²) in [4.78, 5) is 12.5. The fourth-order valence-corrected chi connectivity index (χ4v) is 4.42. The molecule has 0 radical (unpaired) electrons. The van der Waals surface area contributed by atoms with Crippen molar-refractivity contribution in [2.45, 2.75) is 31.2 Å². The van der Waals surface area contributed by atoms with Crippen molar-refractivity contribution in [3.63, 3.8) is 0 Å². The Bertz CT molecular complexity index is 805. The maximum Gasteiger partial charge on any atom is 0.243 e. The average molecular weight is 362 g/mol. The molecule has 0 bridgehead atoms. The van der Waals surface area contributed by atoms with Crippen LogP contribution in [0, 0.1) is 12.8 Å². The van der Waals surface area contributed by atoms with Crippen molar-refractivity contribution < 1.29 is 17.6 Å². The fourth-order valence-electron chi connectivity index (χ4n) is 2.95. The third kappa shape index (κ3) is 4.11. The molecule has 134 valence electrons. The van der Waals surface area contributed by atoms with Crippen molar-refractivity contribution in [1.82, 2.24) is 9.62 Å². The summed E-state index contributed by atoms with van der Waals surface area (Å²) < 4.78 is 32.0. The van der Waals surface area contributed by atoms with Gasteiger partial charge in [0.1, 0.15) is 5.76 Å². The van der Waals surface area contributed by atoms with E-state index in [1.807, 2.05) is 6.92 Å². The first-order valence-electron chi connectivity index (χ1n) is 8.34. The lowest BCUT2D eigenvalue weighted by Crippen LogP contribution is -2.42. The molecule has 0 saturated carbocycles. The average Bonchev–Trinajstić information content (AvgIpc) is 3.14. The number of furan rings is 1. The zero-order chi connectivity index (χ0) is 17.9. The molecular formula is C18H22N2O4S. The second-order valence-corrected chi connectivity index (χ2v) is 8.23. The summed E-state index contributed by atoms with van der Waals surface area (Å²) in [7, 11) is -3.49. The van der Waals surface area contributed by atoms with Crippen molar-refractivity contribution in [2.75, 3.05) is 13.1 Å². The van der Waals surface area contributed by atoms with Gasteiger partial charge in [0, 0.05) is 19.0 Å². The number of nitrogens with one attached hydrogen (secondary N) is 1. The molecule has 0 atom stereocenters. The molecule has 1 saturated heterocycles. The minimum atomic E-state index is -3.49. The predicted octanol–water partition coefficient (Wildman–Crippen LogP) is 2.31. The standard InChI is InChI=1S/C18H22N2O4S/c1-14-4-6-17(7-5-14)25(22,23)20-10-8-15(9-11-20)18(21)19-13-16-3-2-12-24-16/h2-7,12,15H,8-11,13H2,1H3,(H,19,21). The lowest BCUT2D eigenvalue weighted by Gasteiger charge is -2.30. The minimum absolute atomic E-state index is 0.0521. The van der Waals surface area contributed by atoms with Gasteiger partial charge in [0.2, 0.25) is 15.9 Å². The van der Waals surface area contributed by atoms with Crippen LogP contribution >= 0.6 is 0 Å². The number of sulfonamides is 1. The van der Waals surface area contributed by atoms with E-state index in [1.54, 1.807) is 42.7 Å². The van der Waals surface area contributed by atoms with E-state index in [4.69, 9.17) is 4.42 Å². The highest BCUT2D eigenvalue weighted by atomic mass is 32.2. The Labute approximate surface area is 147 Å². The largest absolute Gasteiger partial charge is 0.467 e. The van der Waals surface area contributed by atoms with Crippen LogP contribution in [0.5, 0.6) is 0 Å². The number of aryl methyl sites for hydroxylation is 1. The van der Waals surface area contributed by atoms with Gasteiger partial charge >= 0.3 is 0 Å². The number of amides is 1. The van der Waals surface area contributed by atoms with Crippen molar-refractivity contribution in [3.8, 4) is 0 Å². The Morgan fingerprint density at radius 3 is 2.48 bits per heavy atom. The van der Waals surface area contributed by atoms with Crippen molar-refractivity contribution >= 4 is 15.9 Å². The third-order valence-corrected chi connectivity index (χ3v) is 6.41. The van der Waals surface area contributed by atoms with Crippen LogP contribution in [0.25, 0.3) is 0 Å². The van der Waals surface area contributed by atoms with Crippen LogP contribution in [0.2, 0.25) is 0 Å². The van der Waals surface area contributed by atoms with Crippen LogP contribution in [0.15, 0.2) is 52.0 Å². The van der Waals surface area contributed by atoms with Gasteiger partial charge in [-0.1, -0.05) is 17.7 Å². The number of nitrogens with zero attached hydrogens (tertiary/aromatic N) is 1. The summed E-state index contributed by atoms with van der Waals surface area (Å²) >= 11 is 0. The topological polar surface area (TPSA) is 79.6 Å². The van der Waals surface area contributed by atoms with Crippen LogP contribution in [0.1, 0.15) is 24.2 Å². The van der Waals surface area contributed by atoms with E-state index in [2.05, 4.69) is 5.32 Å². The van der Waals surface area contributed by atoms with E-state index in [9.17, 15) is 13.2 Å². The molecule has 1 aliphatic rings. The summed E-state index contributed by atoms with van der Waals surface area (Å²) in [6.45, 7) is 2.99. The van der Waals surface area contributed by atoms with Gasteiger partial charge in [-0.2, -0.15) is 4.31 Å². The number of hydrogen-bond donors (Lipinski definition) is 1. The maximum absolute atomic E-state index is 12.7. The lowest BCUT2D eigenvalue weighted by molar-refractivity contribution is -0.126. The molecule has 2 aromatic rings. The molecule has 1 aromatic carbocycles. The highest BCUT2D eigenvalue weighted by molar-refractivity contribution is 7.89. The van der Waals surface area contributed by atoms with Gasteiger partial charge in [-0.15, -0.1) is 0 Å². The molecule has 0 spiro atoms. The predicted molar refractivity (Wildman–Crippen MR) is 93.2 cm³/mol. The van der Waals surface area contributed by atoms with Gasteiger partial charge in [-0.3, -0.25) is 4.79 Å². The third-order valence-electron chi connectivity index (χ3n) is 4.50. The van der Waals surface area contributed by atoms with Crippen LogP contribution in [-0.4, -0.2) is 31.7 Å². The number of carbonyl (C=O) groups is 1. The molecule has 1 amide bonds. The summed E-state index contributed by atoms with van der Waals surface area (Å²) in [5.41, 5.74) is 1.02. The first-order chi connectivity index (χ1) is 12.0. The van der Waals surface area contributed by atoms with Crippen molar-refractivity contribution in [3.05, 3.63) is 54.0 Å². The smallest absolute Gasteiger partial charge is 0.243 e. The Balaban J connectivity index is 1.55. The quantitative estimate of drug-likeness (QED) is 0.885. The van der Waals surface area contributed by atoms with E-state index < -0.39 is 10.0 Å². The molecule has 25 heavy (non-hydrogen) atoms. The molecular weight excluding hydrogens is 340 g/mol. The number of piperidine rings is 1. The highest BCUT2D eigenvalue weighted by Crippen LogP contribution is 2.24. The molecule has 1 fully saturated rings. The van der Waals surface area contributed by atoms with E-state index in [-0.39, 0.29) is 11.8 Å². The Morgan fingerprint density at radius 1 is 1.20 bits per heavy atom. The Hall–Kier alpha value is -2.12. The molecule has 0 unspecified atom stereocenters. The highest BCUT2D eigenvalue weighted by Gasteiger charge is 2.31. The Kier molecular flexibility index (Phi) is 5.24. The van der Waals surface area contributed by atoms with Crippen molar-refractivity contribution in [2.24, 2.45) is 5.92 Å². The van der Waals surface area contributed by atoms with Gasteiger partial charge in [-0.25, -0.2) is 8.42 Å². The SMILES string of the molecule is Cc1ccc(S(=O)(=O)N2CCC(C(=O)NCc3ccco3)CC2)cc1. The molecule has 3 rings (SSSR count). The van der Waals surface area contributed by atoms with Crippen LogP contribution in [0.4, 0.5) is 0 Å². The van der Waals surface area contributed by atoms with Crippen molar-refractivity contribution in [1.29, 1.82) is 0 Å². The van der Waals surface area contributed by atoms with Gasteiger partial charge in [0.15, 0.2) is 0 Å². The van der Waals surface area contributed by atoms with E-state index in [0.29, 0.717) is 43.1 Å². The second kappa shape index (κ2) is 7.41. The zero-order valence-corrected chi connectivity index (χ0v) is 15.0. The summed E-state index contributed by atoms with van der Waals surface area (Å²) in [5, 5.41) is 2.85. The first kappa shape index (κ1) is 17.7. The molecule has 0 aliphatic carbocycles. The first-order valence-corrected chi connectivity index (χ1v) is 9.78. The molecule has 1 aliphatic heterocycles. The summed E-state index contributed by atoms with van der Waals surface area (Å²) in [5.74, 6) is 0.482. The van der Waals surface area contributed by atoms with Crippen LogP contribution in [-0.2, 0) is 21.4 Å². The van der Waals surface area contributed by atoms with Gasteiger partial charge in [0.25, 0.3) is 0 Å². The van der Waals surface area contributed by atoms with Gasteiger partial charge in [-0.05, 0) is 44.0 Å². The minimum Gasteiger partial charge on any atom is -0.467 e. The molecule has 1 aromatic heterocycles. The molecule has 7 heteroatoms. The van der Waals surface area contributed by atoms with Gasteiger partial charge < -0.3 is 9.73 Å².